The van der Waals surface area contributed by atoms with Crippen LogP contribution in [0, 0.1) is 0 Å². The summed E-state index contributed by atoms with van der Waals surface area (Å²) in [4.78, 5) is 0. The zero-order valence-electron chi connectivity index (χ0n) is 13.0. The van der Waals surface area contributed by atoms with E-state index in [1.54, 1.807) is 13.2 Å². The molecule has 0 spiro atoms. The Labute approximate surface area is 132 Å². The standard InChI is InChI=1S/C17H19F3O3/c1-3-14-13(15(22-2)8-9-21)10-16(23-14)11-4-6-12(7-5-11)17(18,19)20/h4-7,10,15,21H,3,8-9H2,1-2H3. The number of aliphatic hydroxyl groups is 1. The number of rotatable bonds is 6. The first-order valence-corrected chi connectivity index (χ1v) is 7.34. The van der Waals surface area contributed by atoms with Crippen LogP contribution in [0.1, 0.15) is 36.3 Å². The van der Waals surface area contributed by atoms with E-state index in [1.165, 1.54) is 12.1 Å². The molecule has 0 amide bonds. The predicted octanol–water partition coefficient (Wildman–Crippen LogP) is 4.60. The average molecular weight is 328 g/mol. The van der Waals surface area contributed by atoms with E-state index in [2.05, 4.69) is 0 Å². The van der Waals surface area contributed by atoms with Gasteiger partial charge in [-0.3, -0.25) is 0 Å². The molecule has 2 rings (SSSR count). The van der Waals surface area contributed by atoms with Crippen molar-refractivity contribution >= 4 is 0 Å². The van der Waals surface area contributed by atoms with Gasteiger partial charge >= 0.3 is 6.18 Å². The number of furan rings is 1. The lowest BCUT2D eigenvalue weighted by Crippen LogP contribution is -2.04. The average Bonchev–Trinajstić information content (AvgIpc) is 2.96. The Balaban J connectivity index is 2.35. The van der Waals surface area contributed by atoms with Crippen molar-refractivity contribution in [3.05, 3.63) is 47.2 Å². The van der Waals surface area contributed by atoms with Gasteiger partial charge in [0.15, 0.2) is 0 Å². The summed E-state index contributed by atoms with van der Waals surface area (Å²) in [5.74, 6) is 1.20. The van der Waals surface area contributed by atoms with Crippen molar-refractivity contribution in [2.75, 3.05) is 13.7 Å². The van der Waals surface area contributed by atoms with Crippen molar-refractivity contribution < 1.29 is 27.4 Å². The lowest BCUT2D eigenvalue weighted by molar-refractivity contribution is -0.137. The number of hydrogen-bond acceptors (Lipinski definition) is 3. The van der Waals surface area contributed by atoms with Crippen LogP contribution in [0.3, 0.4) is 0 Å². The number of aliphatic hydroxyl groups excluding tert-OH is 1. The third kappa shape index (κ3) is 3.95. The lowest BCUT2D eigenvalue weighted by Gasteiger charge is -2.13. The van der Waals surface area contributed by atoms with Crippen LogP contribution >= 0.6 is 0 Å². The number of benzene rings is 1. The molecule has 0 radical (unpaired) electrons. The van der Waals surface area contributed by atoms with Gasteiger partial charge in [0.1, 0.15) is 11.5 Å². The molecule has 1 unspecified atom stereocenters. The summed E-state index contributed by atoms with van der Waals surface area (Å²) in [6.07, 6.45) is -3.61. The van der Waals surface area contributed by atoms with E-state index in [1.807, 2.05) is 6.92 Å². The fourth-order valence-electron chi connectivity index (χ4n) is 2.47. The number of aryl methyl sites for hydroxylation is 1. The van der Waals surface area contributed by atoms with Gasteiger partial charge in [-0.2, -0.15) is 13.2 Å². The first-order chi connectivity index (χ1) is 10.9. The Bertz CT molecular complexity index is 630. The summed E-state index contributed by atoms with van der Waals surface area (Å²) >= 11 is 0. The predicted molar refractivity (Wildman–Crippen MR) is 80.0 cm³/mol. The van der Waals surface area contributed by atoms with E-state index in [4.69, 9.17) is 14.3 Å². The fourth-order valence-corrected chi connectivity index (χ4v) is 2.47. The molecule has 0 aliphatic heterocycles. The Morgan fingerprint density at radius 1 is 1.22 bits per heavy atom. The third-order valence-electron chi connectivity index (χ3n) is 3.68. The van der Waals surface area contributed by atoms with E-state index < -0.39 is 11.7 Å². The number of hydrogen-bond donors (Lipinski definition) is 1. The minimum atomic E-state index is -4.36. The minimum Gasteiger partial charge on any atom is -0.461 e. The highest BCUT2D eigenvalue weighted by Crippen LogP contribution is 2.34. The second-order valence-corrected chi connectivity index (χ2v) is 5.15. The van der Waals surface area contributed by atoms with Crippen LogP contribution in [0.5, 0.6) is 0 Å². The highest BCUT2D eigenvalue weighted by Gasteiger charge is 2.30. The molecule has 3 nitrogen and oxygen atoms in total. The number of alkyl halides is 3. The minimum absolute atomic E-state index is 0.0253. The normalized spacial score (nSPS) is 13.3. The maximum Gasteiger partial charge on any atom is 0.416 e. The first kappa shape index (κ1) is 17.6. The molecule has 0 fully saturated rings. The monoisotopic (exact) mass is 328 g/mol. The molecule has 0 saturated carbocycles. The second-order valence-electron chi connectivity index (χ2n) is 5.15. The Kier molecular flexibility index (Phi) is 5.49. The van der Waals surface area contributed by atoms with Gasteiger partial charge in [-0.1, -0.05) is 19.1 Å². The third-order valence-corrected chi connectivity index (χ3v) is 3.68. The van der Waals surface area contributed by atoms with Gasteiger partial charge in [-0.25, -0.2) is 0 Å². The molecule has 1 heterocycles. The summed E-state index contributed by atoms with van der Waals surface area (Å²) in [6, 6.07) is 6.61. The van der Waals surface area contributed by atoms with Crippen LogP contribution in [0.4, 0.5) is 13.2 Å². The van der Waals surface area contributed by atoms with Gasteiger partial charge in [0.2, 0.25) is 0 Å². The van der Waals surface area contributed by atoms with Crippen LogP contribution in [0.25, 0.3) is 11.3 Å². The number of methoxy groups -OCH3 is 1. The summed E-state index contributed by atoms with van der Waals surface area (Å²) in [5, 5.41) is 9.11. The summed E-state index contributed by atoms with van der Waals surface area (Å²) < 4.78 is 49.0. The van der Waals surface area contributed by atoms with Crippen LogP contribution in [-0.4, -0.2) is 18.8 Å². The Hall–Kier alpha value is -1.79. The number of ether oxygens (including phenoxy) is 1. The van der Waals surface area contributed by atoms with Crippen molar-refractivity contribution in [3.63, 3.8) is 0 Å². The lowest BCUT2D eigenvalue weighted by atomic mass is 10.0. The summed E-state index contributed by atoms with van der Waals surface area (Å²) in [6.45, 7) is 1.90. The van der Waals surface area contributed by atoms with Crippen LogP contribution in [-0.2, 0) is 17.3 Å². The van der Waals surface area contributed by atoms with Crippen LogP contribution in [0.15, 0.2) is 34.7 Å². The van der Waals surface area contributed by atoms with E-state index in [-0.39, 0.29) is 12.7 Å². The zero-order valence-corrected chi connectivity index (χ0v) is 13.0. The van der Waals surface area contributed by atoms with Crippen molar-refractivity contribution in [1.82, 2.24) is 0 Å². The molecular formula is C17H19F3O3. The molecule has 0 aliphatic rings. The summed E-state index contributed by atoms with van der Waals surface area (Å²) in [7, 11) is 1.55. The zero-order chi connectivity index (χ0) is 17.0. The molecule has 23 heavy (non-hydrogen) atoms. The van der Waals surface area contributed by atoms with Gasteiger partial charge in [0, 0.05) is 37.7 Å². The van der Waals surface area contributed by atoms with Crippen LogP contribution in [0.2, 0.25) is 0 Å². The van der Waals surface area contributed by atoms with Gasteiger partial charge in [0.05, 0.1) is 11.7 Å². The van der Waals surface area contributed by atoms with E-state index in [9.17, 15) is 13.2 Å². The second kappa shape index (κ2) is 7.19. The quantitative estimate of drug-likeness (QED) is 0.843. The Morgan fingerprint density at radius 2 is 1.87 bits per heavy atom. The molecule has 1 N–H and O–H groups in total. The van der Waals surface area contributed by atoms with Crippen LogP contribution < -0.4 is 0 Å². The van der Waals surface area contributed by atoms with Gasteiger partial charge in [-0.15, -0.1) is 0 Å². The summed E-state index contributed by atoms with van der Waals surface area (Å²) in [5.41, 5.74) is 0.690. The molecule has 0 saturated heterocycles. The molecular weight excluding hydrogens is 309 g/mol. The molecule has 0 bridgehead atoms. The van der Waals surface area contributed by atoms with E-state index >= 15 is 0 Å². The van der Waals surface area contributed by atoms with Crippen molar-refractivity contribution in [2.24, 2.45) is 0 Å². The van der Waals surface area contributed by atoms with Crippen molar-refractivity contribution in [3.8, 4) is 11.3 Å². The van der Waals surface area contributed by atoms with Gasteiger partial charge in [-0.05, 0) is 18.2 Å². The molecule has 1 aromatic heterocycles. The first-order valence-electron chi connectivity index (χ1n) is 7.34. The highest BCUT2D eigenvalue weighted by atomic mass is 19.4. The number of halogens is 3. The van der Waals surface area contributed by atoms with Crippen molar-refractivity contribution in [1.29, 1.82) is 0 Å². The highest BCUT2D eigenvalue weighted by molar-refractivity contribution is 5.59. The molecule has 6 heteroatoms. The van der Waals surface area contributed by atoms with Gasteiger partial charge < -0.3 is 14.3 Å². The van der Waals surface area contributed by atoms with E-state index in [0.29, 0.717) is 29.9 Å². The SMILES string of the molecule is CCc1oc(-c2ccc(C(F)(F)F)cc2)cc1C(CCO)OC. The Morgan fingerprint density at radius 3 is 2.35 bits per heavy atom. The molecule has 0 aliphatic carbocycles. The fraction of sp³-hybridized carbons (Fsp3) is 0.412. The van der Waals surface area contributed by atoms with Crippen molar-refractivity contribution in [2.45, 2.75) is 32.0 Å². The largest absolute Gasteiger partial charge is 0.461 e. The maximum absolute atomic E-state index is 12.6. The topological polar surface area (TPSA) is 42.6 Å². The molecule has 126 valence electrons. The molecule has 1 aromatic carbocycles. The van der Waals surface area contributed by atoms with E-state index in [0.717, 1.165) is 17.7 Å². The molecule has 1 atom stereocenters. The smallest absolute Gasteiger partial charge is 0.416 e. The molecule has 2 aromatic rings. The van der Waals surface area contributed by atoms with Gasteiger partial charge in [0.25, 0.3) is 0 Å². The maximum atomic E-state index is 12.6.